The molecule has 0 fully saturated rings. The van der Waals surface area contributed by atoms with Gasteiger partial charge in [-0.25, -0.2) is 8.78 Å². The average molecular weight is 167 g/mol. The van der Waals surface area contributed by atoms with E-state index in [-0.39, 0.29) is 0 Å². The third kappa shape index (κ3) is 2.86. The first kappa shape index (κ1) is 8.97. The second-order valence-corrected chi connectivity index (χ2v) is 1.53. The number of halogens is 5. The largest absolute Gasteiger partial charge is 0.331 e. The SMILES string of the molecule is FC(F)C(F)(F)COCl. The monoisotopic (exact) mass is 166 g/mol. The van der Waals surface area contributed by atoms with Crippen LogP contribution in [0.1, 0.15) is 0 Å². The van der Waals surface area contributed by atoms with Crippen molar-refractivity contribution in [1.82, 2.24) is 0 Å². The summed E-state index contributed by atoms with van der Waals surface area (Å²) in [5.41, 5.74) is 0. The van der Waals surface area contributed by atoms with Crippen LogP contribution in [0.5, 0.6) is 0 Å². The Balaban J connectivity index is 3.70. The van der Waals surface area contributed by atoms with Crippen LogP contribution in [-0.2, 0) is 4.29 Å². The molecule has 0 aromatic rings. The van der Waals surface area contributed by atoms with Crippen LogP contribution in [0.15, 0.2) is 0 Å². The highest BCUT2D eigenvalue weighted by Gasteiger charge is 2.41. The van der Waals surface area contributed by atoms with Crippen molar-refractivity contribution in [2.75, 3.05) is 6.61 Å². The molecule has 0 unspecified atom stereocenters. The van der Waals surface area contributed by atoms with Gasteiger partial charge in [0.05, 0.1) is 11.9 Å². The van der Waals surface area contributed by atoms with E-state index < -0.39 is 19.0 Å². The molecule has 0 spiro atoms. The Morgan fingerprint density at radius 3 is 2.00 bits per heavy atom. The first-order chi connectivity index (χ1) is 4.00. The van der Waals surface area contributed by atoms with Gasteiger partial charge in [0, 0.05) is 0 Å². The minimum absolute atomic E-state index is 1.47. The molecule has 0 aromatic carbocycles. The van der Waals surface area contributed by atoms with Crippen molar-refractivity contribution in [3.63, 3.8) is 0 Å². The predicted molar refractivity (Wildman–Crippen MR) is 22.8 cm³/mol. The maximum Gasteiger partial charge on any atom is 0.331 e. The van der Waals surface area contributed by atoms with Gasteiger partial charge in [0.25, 0.3) is 0 Å². The lowest BCUT2D eigenvalue weighted by molar-refractivity contribution is -0.147. The molecule has 0 saturated heterocycles. The van der Waals surface area contributed by atoms with Crippen LogP contribution >= 0.6 is 11.9 Å². The molecular formula is C3H3ClF4O. The van der Waals surface area contributed by atoms with Gasteiger partial charge in [0.2, 0.25) is 0 Å². The lowest BCUT2D eigenvalue weighted by atomic mass is 10.4. The molecule has 0 N–H and O–H groups in total. The molecule has 0 atom stereocenters. The van der Waals surface area contributed by atoms with Gasteiger partial charge in [-0.15, -0.1) is 0 Å². The van der Waals surface area contributed by atoms with E-state index >= 15 is 0 Å². The average Bonchev–Trinajstić information content (AvgIpc) is 1.65. The minimum Gasteiger partial charge on any atom is -0.273 e. The van der Waals surface area contributed by atoms with Gasteiger partial charge in [-0.2, -0.15) is 8.78 Å². The fourth-order valence-electron chi connectivity index (χ4n) is 0.136. The molecule has 6 heteroatoms. The molecule has 0 radical (unpaired) electrons. The standard InChI is InChI=1S/C3H3ClF4O/c4-9-1-3(7,8)2(5)6/h2H,1H2. The molecule has 0 heterocycles. The summed E-state index contributed by atoms with van der Waals surface area (Å²) in [4.78, 5) is 0. The van der Waals surface area contributed by atoms with Gasteiger partial charge in [0.15, 0.2) is 0 Å². The van der Waals surface area contributed by atoms with E-state index in [0.717, 1.165) is 0 Å². The van der Waals surface area contributed by atoms with E-state index in [1.54, 1.807) is 0 Å². The summed E-state index contributed by atoms with van der Waals surface area (Å²) in [5.74, 6) is -4.14. The van der Waals surface area contributed by atoms with Crippen molar-refractivity contribution >= 4 is 11.9 Å². The van der Waals surface area contributed by atoms with Crippen LogP contribution in [0, 0.1) is 0 Å². The maximum atomic E-state index is 11.6. The molecule has 0 bridgehead atoms. The Labute approximate surface area is 53.7 Å². The predicted octanol–water partition coefficient (Wildman–Crippen LogP) is 2.06. The molecule has 56 valence electrons. The van der Waals surface area contributed by atoms with Crippen LogP contribution in [0.2, 0.25) is 0 Å². The van der Waals surface area contributed by atoms with Gasteiger partial charge in [-0.1, -0.05) is 0 Å². The summed E-state index contributed by atoms with van der Waals surface area (Å²) in [6.45, 7) is -1.47. The van der Waals surface area contributed by atoms with E-state index in [2.05, 4.69) is 16.2 Å². The zero-order chi connectivity index (χ0) is 7.49. The van der Waals surface area contributed by atoms with Crippen LogP contribution < -0.4 is 0 Å². The molecule has 0 rings (SSSR count). The fraction of sp³-hybridized carbons (Fsp3) is 1.00. The zero-order valence-corrected chi connectivity index (χ0v) is 4.84. The second-order valence-electron chi connectivity index (χ2n) is 1.32. The Morgan fingerprint density at radius 1 is 1.44 bits per heavy atom. The molecule has 0 saturated carbocycles. The first-order valence-corrected chi connectivity index (χ1v) is 2.21. The minimum atomic E-state index is -4.14. The van der Waals surface area contributed by atoms with Crippen LogP contribution in [0.4, 0.5) is 17.6 Å². The Bertz CT molecular complexity index is 85.9. The van der Waals surface area contributed by atoms with Gasteiger partial charge in [-0.05, 0) is 0 Å². The number of hydrogen-bond donors (Lipinski definition) is 0. The molecule has 0 aromatic heterocycles. The third-order valence-corrected chi connectivity index (χ3v) is 0.675. The van der Waals surface area contributed by atoms with Gasteiger partial charge >= 0.3 is 12.3 Å². The van der Waals surface area contributed by atoms with E-state index in [1.165, 1.54) is 0 Å². The quantitative estimate of drug-likeness (QED) is 0.583. The molecule has 1 nitrogen and oxygen atoms in total. The molecule has 9 heavy (non-hydrogen) atoms. The molecule has 0 aliphatic carbocycles. The van der Waals surface area contributed by atoms with Crippen LogP contribution in [-0.4, -0.2) is 19.0 Å². The number of rotatable bonds is 3. The zero-order valence-electron chi connectivity index (χ0n) is 4.08. The highest BCUT2D eigenvalue weighted by Crippen LogP contribution is 2.22. The van der Waals surface area contributed by atoms with Crippen molar-refractivity contribution in [3.05, 3.63) is 0 Å². The van der Waals surface area contributed by atoms with Gasteiger partial charge in [0.1, 0.15) is 6.61 Å². The second kappa shape index (κ2) is 3.22. The summed E-state index contributed by atoms with van der Waals surface area (Å²) in [6.07, 6.45) is -3.73. The summed E-state index contributed by atoms with van der Waals surface area (Å²) in [7, 11) is 0. The molecule has 0 aliphatic rings. The van der Waals surface area contributed by atoms with Crippen molar-refractivity contribution in [3.8, 4) is 0 Å². The Hall–Kier alpha value is -0.0300. The molecular weight excluding hydrogens is 163 g/mol. The highest BCUT2D eigenvalue weighted by atomic mass is 35.5. The van der Waals surface area contributed by atoms with Gasteiger partial charge < -0.3 is 0 Å². The third-order valence-electron chi connectivity index (χ3n) is 0.566. The van der Waals surface area contributed by atoms with Crippen LogP contribution in [0.3, 0.4) is 0 Å². The molecule has 0 amide bonds. The van der Waals surface area contributed by atoms with E-state index in [0.29, 0.717) is 0 Å². The Kier molecular flexibility index (Phi) is 3.21. The summed E-state index contributed by atoms with van der Waals surface area (Å²) < 4.78 is 48.7. The number of hydrogen-bond acceptors (Lipinski definition) is 1. The first-order valence-electron chi connectivity index (χ1n) is 1.90. The van der Waals surface area contributed by atoms with E-state index in [9.17, 15) is 17.6 Å². The number of alkyl halides is 4. The van der Waals surface area contributed by atoms with Crippen molar-refractivity contribution < 1.29 is 21.9 Å². The van der Waals surface area contributed by atoms with E-state index in [1.807, 2.05) is 0 Å². The normalized spacial score (nSPS) is 12.7. The van der Waals surface area contributed by atoms with Crippen LogP contribution in [0.25, 0.3) is 0 Å². The summed E-state index contributed by atoms with van der Waals surface area (Å²) in [5, 5.41) is 0. The topological polar surface area (TPSA) is 9.23 Å². The highest BCUT2D eigenvalue weighted by molar-refractivity contribution is 6.07. The summed E-state index contributed by atoms with van der Waals surface area (Å²) >= 11 is 4.32. The lowest BCUT2D eigenvalue weighted by Crippen LogP contribution is -2.30. The lowest BCUT2D eigenvalue weighted by Gasteiger charge is -2.11. The van der Waals surface area contributed by atoms with Gasteiger partial charge in [-0.3, -0.25) is 4.29 Å². The fourth-order valence-corrected chi connectivity index (χ4v) is 0.281. The van der Waals surface area contributed by atoms with Crippen molar-refractivity contribution in [1.29, 1.82) is 0 Å². The summed E-state index contributed by atoms with van der Waals surface area (Å²) in [6, 6.07) is 0. The molecule has 0 aliphatic heterocycles. The smallest absolute Gasteiger partial charge is 0.273 e. The van der Waals surface area contributed by atoms with Crippen molar-refractivity contribution in [2.24, 2.45) is 0 Å². The van der Waals surface area contributed by atoms with E-state index in [4.69, 9.17) is 0 Å². The maximum absolute atomic E-state index is 11.6. The van der Waals surface area contributed by atoms with Crippen molar-refractivity contribution in [2.45, 2.75) is 12.3 Å². The Morgan fingerprint density at radius 2 is 1.89 bits per heavy atom.